The lowest BCUT2D eigenvalue weighted by Gasteiger charge is -2.20. The second-order valence-corrected chi connectivity index (χ2v) is 8.19. The molecule has 31 heavy (non-hydrogen) atoms. The molecule has 0 aliphatic carbocycles. The number of hydrogen-bond acceptors (Lipinski definition) is 3. The van der Waals surface area contributed by atoms with Crippen LogP contribution in [0, 0.1) is 18.6 Å². The van der Waals surface area contributed by atoms with Gasteiger partial charge in [0.05, 0.1) is 18.5 Å². The number of fused-ring (bicyclic) bond motifs is 1. The zero-order valence-corrected chi connectivity index (χ0v) is 17.5. The van der Waals surface area contributed by atoms with Crippen LogP contribution >= 0.6 is 0 Å². The van der Waals surface area contributed by atoms with E-state index in [2.05, 4.69) is 5.32 Å². The van der Waals surface area contributed by atoms with Crippen LogP contribution in [-0.2, 0) is 23.3 Å². The molecule has 3 aromatic rings. The zero-order chi connectivity index (χ0) is 22.3. The van der Waals surface area contributed by atoms with E-state index in [9.17, 15) is 18.4 Å². The molecule has 1 N–H and O–H groups in total. The second-order valence-electron chi connectivity index (χ2n) is 8.19. The number of hydrogen-bond donors (Lipinski definition) is 1. The van der Waals surface area contributed by atoms with Crippen LogP contribution in [0.1, 0.15) is 46.9 Å². The highest BCUT2D eigenvalue weighted by atomic mass is 19.2. The maximum atomic E-state index is 13.7. The van der Waals surface area contributed by atoms with Crippen molar-refractivity contribution in [3.05, 3.63) is 88.4 Å². The molecule has 0 saturated heterocycles. The van der Waals surface area contributed by atoms with Gasteiger partial charge < -0.3 is 14.6 Å². The summed E-state index contributed by atoms with van der Waals surface area (Å²) in [5.41, 5.74) is 1.41. The molecular formula is C24H22F2N2O3. The van der Waals surface area contributed by atoms with Crippen molar-refractivity contribution in [3.63, 3.8) is 0 Å². The van der Waals surface area contributed by atoms with Gasteiger partial charge in [-0.3, -0.25) is 9.59 Å². The van der Waals surface area contributed by atoms with Crippen molar-refractivity contribution < 1.29 is 22.8 Å². The topological polar surface area (TPSA) is 62.6 Å². The number of halogens is 2. The third-order valence-corrected chi connectivity index (χ3v) is 5.55. The van der Waals surface area contributed by atoms with Gasteiger partial charge in [-0.1, -0.05) is 12.1 Å². The van der Waals surface area contributed by atoms with Crippen LogP contribution in [0.2, 0.25) is 0 Å². The molecule has 0 spiro atoms. The molecule has 1 aliphatic heterocycles. The first-order valence-corrected chi connectivity index (χ1v) is 9.91. The van der Waals surface area contributed by atoms with Crippen molar-refractivity contribution in [3.8, 4) is 0 Å². The summed E-state index contributed by atoms with van der Waals surface area (Å²) in [7, 11) is 0. The van der Waals surface area contributed by atoms with Crippen molar-refractivity contribution in [2.75, 3.05) is 4.90 Å². The summed E-state index contributed by atoms with van der Waals surface area (Å²) in [6, 6.07) is 12.3. The first-order chi connectivity index (χ1) is 14.7. The fourth-order valence-electron chi connectivity index (χ4n) is 3.81. The SMILES string of the molecule is Cc1ccc(CNC(=O)c2ccc3c(c2)N(Cc2ccc(F)c(F)c2)C(=O)C3(C)C)o1. The monoisotopic (exact) mass is 424 g/mol. The normalized spacial score (nSPS) is 14.6. The molecule has 0 radical (unpaired) electrons. The minimum Gasteiger partial charge on any atom is -0.465 e. The summed E-state index contributed by atoms with van der Waals surface area (Å²) in [4.78, 5) is 27.3. The number of aryl methyl sites for hydroxylation is 1. The molecule has 1 aromatic heterocycles. The summed E-state index contributed by atoms with van der Waals surface area (Å²) in [6.45, 7) is 5.75. The number of carbonyl (C=O) groups is 2. The van der Waals surface area contributed by atoms with E-state index in [-0.39, 0.29) is 24.9 Å². The Labute approximate surface area is 178 Å². The minimum absolute atomic E-state index is 0.0726. The summed E-state index contributed by atoms with van der Waals surface area (Å²) in [5, 5.41) is 2.80. The molecule has 0 atom stereocenters. The Morgan fingerprint density at radius 3 is 2.52 bits per heavy atom. The molecule has 4 rings (SSSR count). The number of furan rings is 1. The van der Waals surface area contributed by atoms with E-state index in [0.29, 0.717) is 22.6 Å². The van der Waals surface area contributed by atoms with Gasteiger partial charge in [-0.2, -0.15) is 0 Å². The molecule has 2 amide bonds. The Balaban J connectivity index is 1.61. The molecular weight excluding hydrogens is 402 g/mol. The summed E-state index contributed by atoms with van der Waals surface area (Å²) in [5.74, 6) is -0.982. The van der Waals surface area contributed by atoms with E-state index in [1.807, 2.05) is 13.0 Å². The molecule has 0 fully saturated rings. The predicted octanol–water partition coefficient (Wildman–Crippen LogP) is 4.62. The van der Waals surface area contributed by atoms with Crippen molar-refractivity contribution in [2.24, 2.45) is 0 Å². The fourth-order valence-corrected chi connectivity index (χ4v) is 3.81. The first-order valence-electron chi connectivity index (χ1n) is 9.91. The highest BCUT2D eigenvalue weighted by Gasteiger charge is 2.44. The number of amides is 2. The van der Waals surface area contributed by atoms with E-state index < -0.39 is 17.0 Å². The quantitative estimate of drug-likeness (QED) is 0.650. The maximum absolute atomic E-state index is 13.7. The van der Waals surface area contributed by atoms with Crippen molar-refractivity contribution in [2.45, 2.75) is 39.3 Å². The summed E-state index contributed by atoms with van der Waals surface area (Å²) >= 11 is 0. The third-order valence-electron chi connectivity index (χ3n) is 5.55. The lowest BCUT2D eigenvalue weighted by Crippen LogP contribution is -2.35. The fraction of sp³-hybridized carbons (Fsp3) is 0.250. The van der Waals surface area contributed by atoms with Gasteiger partial charge in [-0.25, -0.2) is 8.78 Å². The molecule has 2 heterocycles. The van der Waals surface area contributed by atoms with Gasteiger partial charge in [0.1, 0.15) is 11.5 Å². The molecule has 7 heteroatoms. The zero-order valence-electron chi connectivity index (χ0n) is 17.5. The standard InChI is InChI=1S/C24H22F2N2O3/c1-14-4-7-17(31-14)12-27-22(29)16-6-8-18-21(11-16)28(23(30)24(18,2)3)13-15-5-9-19(25)20(26)10-15/h4-11H,12-13H2,1-3H3,(H,27,29). The van der Waals surface area contributed by atoms with E-state index >= 15 is 0 Å². The predicted molar refractivity (Wildman–Crippen MR) is 112 cm³/mol. The number of nitrogens with one attached hydrogen (secondary N) is 1. The average molecular weight is 424 g/mol. The van der Waals surface area contributed by atoms with Crippen LogP contribution in [0.4, 0.5) is 14.5 Å². The van der Waals surface area contributed by atoms with Crippen molar-refractivity contribution in [1.29, 1.82) is 0 Å². The van der Waals surface area contributed by atoms with Gasteiger partial charge in [0.2, 0.25) is 5.91 Å². The highest BCUT2D eigenvalue weighted by molar-refractivity contribution is 6.08. The molecule has 1 aliphatic rings. The van der Waals surface area contributed by atoms with Crippen molar-refractivity contribution in [1.82, 2.24) is 5.32 Å². The van der Waals surface area contributed by atoms with Crippen LogP contribution < -0.4 is 10.2 Å². The van der Waals surface area contributed by atoms with E-state index in [4.69, 9.17) is 4.42 Å². The van der Waals surface area contributed by atoms with E-state index in [0.717, 1.165) is 23.5 Å². The number of anilines is 1. The molecule has 0 saturated carbocycles. The Hall–Kier alpha value is -3.48. The second kappa shape index (κ2) is 7.65. The van der Waals surface area contributed by atoms with Crippen LogP contribution in [0.3, 0.4) is 0 Å². The minimum atomic E-state index is -0.968. The lowest BCUT2D eigenvalue weighted by molar-refractivity contribution is -0.122. The number of carbonyl (C=O) groups excluding carboxylic acids is 2. The number of benzene rings is 2. The summed E-state index contributed by atoms with van der Waals surface area (Å²) in [6.07, 6.45) is 0. The third kappa shape index (κ3) is 3.83. The number of nitrogens with zero attached hydrogens (tertiary/aromatic N) is 1. The van der Waals surface area contributed by atoms with Gasteiger partial charge in [0.15, 0.2) is 11.6 Å². The van der Waals surface area contributed by atoms with Gasteiger partial charge in [-0.15, -0.1) is 0 Å². The lowest BCUT2D eigenvalue weighted by atomic mass is 9.86. The Morgan fingerprint density at radius 1 is 1.06 bits per heavy atom. The highest BCUT2D eigenvalue weighted by Crippen LogP contribution is 2.42. The molecule has 0 unspecified atom stereocenters. The van der Waals surface area contributed by atoms with Crippen LogP contribution in [0.15, 0.2) is 52.9 Å². The average Bonchev–Trinajstić information content (AvgIpc) is 3.23. The molecule has 160 valence electrons. The summed E-state index contributed by atoms with van der Waals surface area (Å²) < 4.78 is 32.4. The first kappa shape index (κ1) is 20.8. The van der Waals surface area contributed by atoms with Crippen molar-refractivity contribution >= 4 is 17.5 Å². The van der Waals surface area contributed by atoms with Gasteiger partial charge in [0.25, 0.3) is 5.91 Å². The molecule has 5 nitrogen and oxygen atoms in total. The maximum Gasteiger partial charge on any atom is 0.251 e. The number of rotatable bonds is 5. The van der Waals surface area contributed by atoms with E-state index in [1.54, 1.807) is 38.1 Å². The Kier molecular flexibility index (Phi) is 5.13. The van der Waals surface area contributed by atoms with Crippen LogP contribution in [0.5, 0.6) is 0 Å². The molecule has 0 bridgehead atoms. The van der Waals surface area contributed by atoms with Crippen LogP contribution in [0.25, 0.3) is 0 Å². The van der Waals surface area contributed by atoms with Gasteiger partial charge in [0, 0.05) is 11.3 Å². The van der Waals surface area contributed by atoms with Gasteiger partial charge in [-0.05, 0) is 68.3 Å². The van der Waals surface area contributed by atoms with Crippen LogP contribution in [-0.4, -0.2) is 11.8 Å². The Bertz CT molecular complexity index is 1180. The largest absolute Gasteiger partial charge is 0.465 e. The Morgan fingerprint density at radius 2 is 1.84 bits per heavy atom. The molecule has 2 aromatic carbocycles. The van der Waals surface area contributed by atoms with E-state index in [1.165, 1.54) is 11.0 Å². The van der Waals surface area contributed by atoms with Gasteiger partial charge >= 0.3 is 0 Å². The smallest absolute Gasteiger partial charge is 0.251 e.